The molecule has 0 radical (unpaired) electrons. The number of methoxy groups -OCH3 is 2. The molecule has 0 spiro atoms. The third-order valence-electron chi connectivity index (χ3n) is 3.87. The molecular formula is C21H27N3O3S. The highest BCUT2D eigenvalue weighted by atomic mass is 32.1. The van der Waals surface area contributed by atoms with Crippen LogP contribution < -0.4 is 25.0 Å². The minimum absolute atomic E-state index is 0.391. The molecule has 0 saturated carbocycles. The molecule has 0 aliphatic rings. The Labute approximate surface area is 171 Å². The normalized spacial score (nSPS) is 10.8. The smallest absolute Gasteiger partial charge is 0.191 e. The number of hydrogen-bond acceptors (Lipinski definition) is 5. The lowest BCUT2D eigenvalue weighted by molar-refractivity contribution is 0.273. The van der Waals surface area contributed by atoms with Crippen molar-refractivity contribution in [2.75, 3.05) is 26.1 Å². The number of hydrogen-bond donors (Lipinski definition) is 2. The lowest BCUT2D eigenvalue weighted by atomic mass is 10.1. The van der Waals surface area contributed by atoms with Gasteiger partial charge in [0.05, 0.1) is 27.0 Å². The molecule has 2 aromatic rings. The van der Waals surface area contributed by atoms with Crippen LogP contribution in [-0.2, 0) is 0 Å². The Morgan fingerprint density at radius 1 is 1.07 bits per heavy atom. The number of thiocarbonyl (C=S) groups is 1. The van der Waals surface area contributed by atoms with Gasteiger partial charge in [-0.2, -0.15) is 5.10 Å². The number of anilines is 1. The molecule has 2 rings (SSSR count). The predicted octanol–water partition coefficient (Wildman–Crippen LogP) is 4.45. The van der Waals surface area contributed by atoms with Crippen molar-refractivity contribution in [3.05, 3.63) is 48.0 Å². The van der Waals surface area contributed by atoms with E-state index in [1.54, 1.807) is 20.4 Å². The van der Waals surface area contributed by atoms with Gasteiger partial charge in [-0.3, -0.25) is 5.43 Å². The van der Waals surface area contributed by atoms with Gasteiger partial charge < -0.3 is 19.5 Å². The van der Waals surface area contributed by atoms with Crippen LogP contribution in [0.2, 0.25) is 0 Å². The quantitative estimate of drug-likeness (QED) is 0.368. The van der Waals surface area contributed by atoms with E-state index < -0.39 is 0 Å². The van der Waals surface area contributed by atoms with Gasteiger partial charge in [-0.05, 0) is 72.6 Å². The molecule has 0 aromatic heterocycles. The summed E-state index contributed by atoms with van der Waals surface area (Å²) < 4.78 is 16.3. The highest BCUT2D eigenvalue weighted by Crippen LogP contribution is 2.27. The largest absolute Gasteiger partial charge is 0.497 e. The average Bonchev–Trinajstić information content (AvgIpc) is 2.69. The molecule has 28 heavy (non-hydrogen) atoms. The van der Waals surface area contributed by atoms with E-state index in [4.69, 9.17) is 26.4 Å². The number of benzene rings is 2. The van der Waals surface area contributed by atoms with Crippen molar-refractivity contribution >= 4 is 29.2 Å². The van der Waals surface area contributed by atoms with Gasteiger partial charge in [-0.1, -0.05) is 13.8 Å². The van der Waals surface area contributed by atoms with Crippen molar-refractivity contribution in [3.8, 4) is 17.2 Å². The maximum Gasteiger partial charge on any atom is 0.191 e. The first kappa shape index (κ1) is 21.5. The minimum atomic E-state index is 0.391. The zero-order chi connectivity index (χ0) is 20.4. The number of ether oxygens (including phenoxy) is 3. The van der Waals surface area contributed by atoms with Crippen molar-refractivity contribution in [1.82, 2.24) is 5.43 Å². The molecule has 2 N–H and O–H groups in total. The van der Waals surface area contributed by atoms with Crippen LogP contribution in [0.4, 0.5) is 5.69 Å². The molecule has 0 atom stereocenters. The monoisotopic (exact) mass is 401 g/mol. The van der Waals surface area contributed by atoms with Gasteiger partial charge in [0.2, 0.25) is 0 Å². The lowest BCUT2D eigenvalue weighted by Crippen LogP contribution is -2.23. The van der Waals surface area contributed by atoms with Gasteiger partial charge in [-0.25, -0.2) is 0 Å². The number of rotatable bonds is 9. The molecule has 0 aliphatic heterocycles. The maximum absolute atomic E-state index is 5.79. The van der Waals surface area contributed by atoms with E-state index in [2.05, 4.69) is 29.7 Å². The molecule has 0 heterocycles. The summed E-state index contributed by atoms with van der Waals surface area (Å²) in [6, 6.07) is 13.1. The first-order valence-corrected chi connectivity index (χ1v) is 9.47. The third kappa shape index (κ3) is 7.08. The first-order valence-electron chi connectivity index (χ1n) is 9.06. The molecule has 7 heteroatoms. The summed E-state index contributed by atoms with van der Waals surface area (Å²) in [5.41, 5.74) is 4.51. The Morgan fingerprint density at radius 3 is 2.46 bits per heavy atom. The predicted molar refractivity (Wildman–Crippen MR) is 118 cm³/mol. The van der Waals surface area contributed by atoms with Crippen molar-refractivity contribution in [2.24, 2.45) is 11.0 Å². The van der Waals surface area contributed by atoms with Crippen molar-refractivity contribution in [2.45, 2.75) is 20.3 Å². The summed E-state index contributed by atoms with van der Waals surface area (Å²) in [7, 11) is 3.25. The molecule has 0 saturated heterocycles. The van der Waals surface area contributed by atoms with Gasteiger partial charge in [-0.15, -0.1) is 0 Å². The zero-order valence-corrected chi connectivity index (χ0v) is 17.5. The second-order valence-electron chi connectivity index (χ2n) is 6.49. The van der Waals surface area contributed by atoms with E-state index in [1.807, 2.05) is 42.5 Å². The van der Waals surface area contributed by atoms with Gasteiger partial charge in [0.1, 0.15) is 5.75 Å². The maximum atomic E-state index is 5.79. The van der Waals surface area contributed by atoms with E-state index in [9.17, 15) is 0 Å². The second kappa shape index (κ2) is 11.1. The average molecular weight is 402 g/mol. The topological polar surface area (TPSA) is 64.1 Å². The number of nitrogens with one attached hydrogen (secondary N) is 2. The summed E-state index contributed by atoms with van der Waals surface area (Å²) in [4.78, 5) is 0. The van der Waals surface area contributed by atoms with E-state index in [-0.39, 0.29) is 0 Å². The third-order valence-corrected chi connectivity index (χ3v) is 4.06. The van der Waals surface area contributed by atoms with Crippen LogP contribution in [0.15, 0.2) is 47.6 Å². The Hall–Kier alpha value is -2.80. The van der Waals surface area contributed by atoms with Crippen LogP contribution in [-0.4, -0.2) is 32.2 Å². The Balaban J connectivity index is 1.89. The molecule has 0 fully saturated rings. The van der Waals surface area contributed by atoms with Gasteiger partial charge >= 0.3 is 0 Å². The van der Waals surface area contributed by atoms with Crippen LogP contribution >= 0.6 is 12.2 Å². The molecule has 0 bridgehead atoms. The number of nitrogens with zero attached hydrogens (tertiary/aromatic N) is 1. The molecular weight excluding hydrogens is 374 g/mol. The fourth-order valence-corrected chi connectivity index (χ4v) is 2.46. The minimum Gasteiger partial charge on any atom is -0.497 e. The standard InChI is InChI=1S/C21H27N3O3S/c1-15(2)11-12-27-19-10-5-16(13-20(19)26-4)14-22-24-21(28)23-17-6-8-18(25-3)9-7-17/h5-10,13-15H,11-12H2,1-4H3,(H2,23,24,28)/b22-14-. The van der Waals surface area contributed by atoms with Crippen LogP contribution in [0.1, 0.15) is 25.8 Å². The zero-order valence-electron chi connectivity index (χ0n) is 16.7. The fraction of sp³-hybridized carbons (Fsp3) is 0.333. The summed E-state index contributed by atoms with van der Waals surface area (Å²) in [6.45, 7) is 5.00. The molecule has 6 nitrogen and oxygen atoms in total. The van der Waals surface area contributed by atoms with Crippen molar-refractivity contribution < 1.29 is 14.2 Å². The van der Waals surface area contributed by atoms with Gasteiger partial charge in [0, 0.05) is 5.69 Å². The Kier molecular flexibility index (Phi) is 8.55. The van der Waals surface area contributed by atoms with Crippen LogP contribution in [0.3, 0.4) is 0 Å². The van der Waals surface area contributed by atoms with E-state index in [0.717, 1.165) is 29.2 Å². The molecule has 0 aliphatic carbocycles. The lowest BCUT2D eigenvalue weighted by Gasteiger charge is -2.12. The number of hydrazone groups is 1. The fourth-order valence-electron chi connectivity index (χ4n) is 2.29. The van der Waals surface area contributed by atoms with E-state index in [1.165, 1.54) is 0 Å². The SMILES string of the molecule is COc1ccc(NC(=S)N/N=C\c2ccc(OCCC(C)C)c(OC)c2)cc1. The van der Waals surface area contributed by atoms with Gasteiger partial charge in [0.25, 0.3) is 0 Å². The first-order chi connectivity index (χ1) is 13.5. The Bertz CT molecular complexity index is 792. The summed E-state index contributed by atoms with van der Waals surface area (Å²) in [5.74, 6) is 2.78. The van der Waals surface area contributed by atoms with Crippen LogP contribution in [0.25, 0.3) is 0 Å². The molecule has 2 aromatic carbocycles. The van der Waals surface area contributed by atoms with E-state index >= 15 is 0 Å². The summed E-state index contributed by atoms with van der Waals surface area (Å²) in [6.07, 6.45) is 2.66. The molecule has 0 unspecified atom stereocenters. The molecule has 150 valence electrons. The highest BCUT2D eigenvalue weighted by molar-refractivity contribution is 7.80. The second-order valence-corrected chi connectivity index (χ2v) is 6.90. The van der Waals surface area contributed by atoms with Crippen molar-refractivity contribution in [1.29, 1.82) is 0 Å². The highest BCUT2D eigenvalue weighted by Gasteiger charge is 2.06. The van der Waals surface area contributed by atoms with Crippen molar-refractivity contribution in [3.63, 3.8) is 0 Å². The van der Waals surface area contributed by atoms with Gasteiger partial charge in [0.15, 0.2) is 16.6 Å². The summed E-state index contributed by atoms with van der Waals surface area (Å²) in [5, 5.41) is 7.60. The van der Waals surface area contributed by atoms with E-state index in [0.29, 0.717) is 23.4 Å². The Morgan fingerprint density at radius 2 is 1.82 bits per heavy atom. The summed E-state index contributed by atoms with van der Waals surface area (Å²) >= 11 is 5.24. The van der Waals surface area contributed by atoms with Crippen LogP contribution in [0.5, 0.6) is 17.2 Å². The molecule has 0 amide bonds. The van der Waals surface area contributed by atoms with Crippen LogP contribution in [0, 0.1) is 5.92 Å².